The Morgan fingerprint density at radius 3 is 2.77 bits per heavy atom. The predicted octanol–water partition coefficient (Wildman–Crippen LogP) is 3.42. The number of hydrogen-bond donors (Lipinski definition) is 1. The monoisotopic (exact) mass is 370 g/mol. The molecule has 1 heterocycles. The largest absolute Gasteiger partial charge is 0.477 e. The van der Waals surface area contributed by atoms with E-state index in [1.807, 2.05) is 0 Å². The highest BCUT2D eigenvalue weighted by Crippen LogP contribution is 2.56. The van der Waals surface area contributed by atoms with Gasteiger partial charge in [-0.05, 0) is 45.4 Å². The van der Waals surface area contributed by atoms with Gasteiger partial charge in [0.1, 0.15) is 23.9 Å². The van der Waals surface area contributed by atoms with Gasteiger partial charge in [-0.3, -0.25) is 4.79 Å². The maximum absolute atomic E-state index is 14.4. The van der Waals surface area contributed by atoms with E-state index in [4.69, 9.17) is 15.2 Å². The Labute approximate surface area is 149 Å². The molecule has 142 valence electrons. The van der Waals surface area contributed by atoms with E-state index >= 15 is 0 Å². The van der Waals surface area contributed by atoms with Gasteiger partial charge in [0.15, 0.2) is 11.4 Å². The molecule has 0 radical (unpaired) electrons. The minimum Gasteiger partial charge on any atom is -0.477 e. The van der Waals surface area contributed by atoms with E-state index in [-0.39, 0.29) is 23.6 Å². The van der Waals surface area contributed by atoms with E-state index in [0.717, 1.165) is 6.07 Å². The number of nitrogen functional groups attached to an aromatic ring is 1. The molecular weight excluding hydrogens is 349 g/mol. The predicted molar refractivity (Wildman–Crippen MR) is 89.4 cm³/mol. The molecule has 0 bridgehead atoms. The van der Waals surface area contributed by atoms with Crippen LogP contribution in [0.3, 0.4) is 0 Å². The number of nitrogens with two attached hydrogens (primary N) is 1. The Hall–Kier alpha value is -2.25. The molecule has 1 aromatic rings. The van der Waals surface area contributed by atoms with Crippen molar-refractivity contribution in [2.75, 3.05) is 5.73 Å². The van der Waals surface area contributed by atoms with Crippen molar-refractivity contribution in [2.45, 2.75) is 57.3 Å². The minimum atomic E-state index is -2.98. The molecule has 3 rings (SSSR count). The Bertz CT molecular complexity index is 761. The van der Waals surface area contributed by atoms with Crippen molar-refractivity contribution in [1.82, 2.24) is 0 Å². The summed E-state index contributed by atoms with van der Waals surface area (Å²) < 4.78 is 53.4. The number of fused-ring (bicyclic) bond motifs is 1. The fourth-order valence-electron chi connectivity index (χ4n) is 3.28. The molecule has 2 N–H and O–H groups in total. The lowest BCUT2D eigenvalue weighted by atomic mass is 9.84. The number of rotatable bonds is 4. The molecule has 3 atom stereocenters. The van der Waals surface area contributed by atoms with Gasteiger partial charge in [0.2, 0.25) is 0 Å². The number of nitrogens with zero attached hydrogens (tertiary/aromatic N) is 1. The van der Waals surface area contributed by atoms with Crippen LogP contribution in [0, 0.1) is 11.7 Å². The number of aliphatic imine (C=N–C) groups is 1. The molecule has 0 spiro atoms. The van der Waals surface area contributed by atoms with Crippen molar-refractivity contribution in [3.05, 3.63) is 29.6 Å². The maximum atomic E-state index is 14.4. The topological polar surface area (TPSA) is 73.9 Å². The molecule has 1 fully saturated rings. The number of benzene rings is 1. The Balaban J connectivity index is 1.99. The van der Waals surface area contributed by atoms with Crippen LogP contribution in [0.1, 0.15) is 39.2 Å². The van der Waals surface area contributed by atoms with Gasteiger partial charge >= 0.3 is 5.97 Å². The van der Waals surface area contributed by atoms with Crippen molar-refractivity contribution < 1.29 is 27.4 Å². The maximum Gasteiger partial charge on any atom is 0.315 e. The third kappa shape index (κ3) is 3.37. The highest BCUT2D eigenvalue weighted by molar-refractivity contribution is 5.95. The number of esters is 1. The molecule has 1 aliphatic heterocycles. The van der Waals surface area contributed by atoms with Crippen LogP contribution in [0.5, 0.6) is 0 Å². The fraction of sp³-hybridized carbons (Fsp3) is 0.556. The lowest BCUT2D eigenvalue weighted by Gasteiger charge is -2.34. The smallest absolute Gasteiger partial charge is 0.315 e. The van der Waals surface area contributed by atoms with Gasteiger partial charge in [-0.15, -0.1) is 0 Å². The van der Waals surface area contributed by atoms with Crippen molar-refractivity contribution in [3.63, 3.8) is 0 Å². The molecule has 0 saturated heterocycles. The van der Waals surface area contributed by atoms with E-state index in [1.165, 1.54) is 12.1 Å². The third-order valence-electron chi connectivity index (χ3n) is 4.36. The molecule has 5 nitrogen and oxygen atoms in total. The number of hydrogen-bond acceptors (Lipinski definition) is 5. The van der Waals surface area contributed by atoms with E-state index in [0.29, 0.717) is 6.42 Å². The summed E-state index contributed by atoms with van der Waals surface area (Å²) in [5, 5.41) is 0. The zero-order valence-electron chi connectivity index (χ0n) is 14.8. The van der Waals surface area contributed by atoms with Gasteiger partial charge in [0.25, 0.3) is 6.43 Å². The summed E-state index contributed by atoms with van der Waals surface area (Å²) in [5.41, 5.74) is 2.72. The van der Waals surface area contributed by atoms with E-state index in [1.54, 1.807) is 20.8 Å². The number of carbonyl (C=O) groups is 1. The normalized spacial score (nSPS) is 27.4. The second-order valence-corrected chi connectivity index (χ2v) is 7.63. The second-order valence-electron chi connectivity index (χ2n) is 7.63. The van der Waals surface area contributed by atoms with E-state index < -0.39 is 41.4 Å². The zero-order valence-corrected chi connectivity index (χ0v) is 14.8. The zero-order chi connectivity index (χ0) is 19.3. The van der Waals surface area contributed by atoms with Crippen molar-refractivity contribution in [3.8, 4) is 0 Å². The van der Waals surface area contributed by atoms with Crippen LogP contribution in [0.2, 0.25) is 0 Å². The molecule has 8 heteroatoms. The fourth-order valence-corrected chi connectivity index (χ4v) is 3.28. The van der Waals surface area contributed by atoms with E-state index in [9.17, 15) is 18.0 Å². The Kier molecular flexibility index (Phi) is 4.40. The average Bonchev–Trinajstić information content (AvgIpc) is 3.26. The van der Waals surface area contributed by atoms with Gasteiger partial charge in [-0.2, -0.15) is 0 Å². The summed E-state index contributed by atoms with van der Waals surface area (Å²) in [4.78, 5) is 16.0. The van der Waals surface area contributed by atoms with Gasteiger partial charge in [0.05, 0.1) is 0 Å². The van der Waals surface area contributed by atoms with Crippen LogP contribution in [-0.2, 0) is 19.8 Å². The minimum absolute atomic E-state index is 0.161. The summed E-state index contributed by atoms with van der Waals surface area (Å²) in [7, 11) is 0. The summed E-state index contributed by atoms with van der Waals surface area (Å²) in [6.07, 6.45) is -3.59. The van der Waals surface area contributed by atoms with Crippen LogP contribution in [0.15, 0.2) is 23.2 Å². The SMILES string of the molecule is CC(C)(C)OC(=O)CC1=N[C@@](c2cc(N)ccc2F)(C(F)F)[C@H]2C[C@H]2O1. The van der Waals surface area contributed by atoms with Gasteiger partial charge in [-0.25, -0.2) is 18.2 Å². The third-order valence-corrected chi connectivity index (χ3v) is 4.36. The summed E-state index contributed by atoms with van der Waals surface area (Å²) in [6.45, 7) is 5.07. The second kappa shape index (κ2) is 6.17. The molecule has 1 aromatic carbocycles. The first kappa shape index (κ1) is 18.5. The van der Waals surface area contributed by atoms with Gasteiger partial charge in [0, 0.05) is 17.2 Å². The lowest BCUT2D eigenvalue weighted by Crippen LogP contribution is -2.42. The van der Waals surface area contributed by atoms with Crippen LogP contribution >= 0.6 is 0 Å². The van der Waals surface area contributed by atoms with Crippen LogP contribution in [0.4, 0.5) is 18.9 Å². The highest BCUT2D eigenvalue weighted by atomic mass is 19.3. The van der Waals surface area contributed by atoms with Crippen LogP contribution in [-0.4, -0.2) is 30.0 Å². The number of alkyl halides is 2. The average molecular weight is 370 g/mol. The van der Waals surface area contributed by atoms with Gasteiger partial charge < -0.3 is 15.2 Å². The number of carbonyl (C=O) groups excluding carboxylic acids is 1. The number of anilines is 1. The molecule has 1 saturated carbocycles. The van der Waals surface area contributed by atoms with E-state index in [2.05, 4.69) is 4.99 Å². The van der Waals surface area contributed by atoms with Crippen molar-refractivity contribution >= 4 is 17.6 Å². The molecule has 0 unspecified atom stereocenters. The van der Waals surface area contributed by atoms with Crippen LogP contribution in [0.25, 0.3) is 0 Å². The molecule has 0 amide bonds. The first-order chi connectivity index (χ1) is 12.0. The Morgan fingerprint density at radius 2 is 2.15 bits per heavy atom. The molecule has 26 heavy (non-hydrogen) atoms. The molecule has 2 aliphatic rings. The summed E-state index contributed by atoms with van der Waals surface area (Å²) in [6, 6.07) is 3.52. The molecule has 0 aromatic heterocycles. The molecular formula is C18H21F3N2O3. The standard InChI is InChI=1S/C18H21F3N2O3/c1-17(2,3)26-15(24)8-14-23-18(16(20)21,11-7-13(11)25-14)10-6-9(22)4-5-12(10)19/h4-6,11,13,16H,7-8,22H2,1-3H3/t11-,13+,18+/m0/s1. The number of halogens is 3. The van der Waals surface area contributed by atoms with Crippen molar-refractivity contribution in [2.24, 2.45) is 10.9 Å². The van der Waals surface area contributed by atoms with Crippen molar-refractivity contribution in [1.29, 1.82) is 0 Å². The van der Waals surface area contributed by atoms with Gasteiger partial charge in [-0.1, -0.05) is 0 Å². The summed E-state index contributed by atoms with van der Waals surface area (Å²) in [5.74, 6) is -2.29. The van der Waals surface area contributed by atoms with Crippen LogP contribution < -0.4 is 5.73 Å². The first-order valence-electron chi connectivity index (χ1n) is 8.34. The highest BCUT2D eigenvalue weighted by Gasteiger charge is 2.64. The quantitative estimate of drug-likeness (QED) is 0.651. The Morgan fingerprint density at radius 1 is 1.46 bits per heavy atom. The number of ether oxygens (including phenoxy) is 2. The summed E-state index contributed by atoms with van der Waals surface area (Å²) >= 11 is 0. The molecule has 1 aliphatic carbocycles. The first-order valence-corrected chi connectivity index (χ1v) is 8.34. The lowest BCUT2D eigenvalue weighted by molar-refractivity contribution is -0.153.